The smallest absolute Gasteiger partial charge is 0.0751 e. The van der Waals surface area contributed by atoms with E-state index in [1.807, 2.05) is 0 Å². The van der Waals surface area contributed by atoms with E-state index in [1.165, 1.54) is 4.43 Å². The van der Waals surface area contributed by atoms with Gasteiger partial charge < -0.3 is 0 Å². The Balaban J connectivity index is 2.54. The molecule has 0 aliphatic heterocycles. The van der Waals surface area contributed by atoms with Crippen LogP contribution in [0.3, 0.4) is 0 Å². The maximum Gasteiger partial charge on any atom is 0.0751 e. The molecule has 0 rings (SSSR count). The summed E-state index contributed by atoms with van der Waals surface area (Å²) in [6.45, 7) is 0. The topological polar surface area (TPSA) is 0 Å². The highest BCUT2D eigenvalue weighted by molar-refractivity contribution is 14.1. The molecule has 5 heavy (non-hydrogen) atoms. The standard InChI is InChI=1S/C2H3BrI2/c3-2(5)1-4/h2H,1H2. The van der Waals surface area contributed by atoms with Crippen LogP contribution in [0.15, 0.2) is 0 Å². The van der Waals surface area contributed by atoms with Crippen LogP contribution in [0.2, 0.25) is 0 Å². The van der Waals surface area contributed by atoms with E-state index in [2.05, 4.69) is 61.1 Å². The Bertz CT molecular complexity index is 21.6. The number of halogens is 3. The van der Waals surface area contributed by atoms with Crippen LogP contribution in [-0.2, 0) is 0 Å². The number of rotatable bonds is 1. The third-order valence-electron chi connectivity index (χ3n) is 0.117. The van der Waals surface area contributed by atoms with Gasteiger partial charge in [0.1, 0.15) is 0 Å². The predicted octanol–water partition coefficient (Wildman–Crippen LogP) is 2.58. The summed E-state index contributed by atoms with van der Waals surface area (Å²) in [5, 5.41) is 0. The molecule has 0 N–H and O–H groups in total. The Kier molecular flexibility index (Phi) is 5.70. The first-order valence-corrected chi connectivity index (χ1v) is 4.80. The lowest BCUT2D eigenvalue weighted by Gasteiger charge is -1.84. The average Bonchev–Trinajstić information content (AvgIpc) is 1.38. The maximum atomic E-state index is 3.35. The van der Waals surface area contributed by atoms with Crippen molar-refractivity contribution in [1.82, 2.24) is 0 Å². The van der Waals surface area contributed by atoms with Crippen molar-refractivity contribution in [3.63, 3.8) is 0 Å². The van der Waals surface area contributed by atoms with Gasteiger partial charge in [-0.25, -0.2) is 0 Å². The fourth-order valence-corrected chi connectivity index (χ4v) is 0. The van der Waals surface area contributed by atoms with Crippen molar-refractivity contribution in [2.75, 3.05) is 4.43 Å². The van der Waals surface area contributed by atoms with Crippen molar-refractivity contribution in [3.05, 3.63) is 0 Å². The van der Waals surface area contributed by atoms with Gasteiger partial charge in [-0.3, -0.25) is 0 Å². The molecule has 0 fully saturated rings. The molecular weight excluding hydrogens is 358 g/mol. The van der Waals surface area contributed by atoms with Crippen LogP contribution in [0.4, 0.5) is 0 Å². The molecule has 0 bridgehead atoms. The first-order chi connectivity index (χ1) is 2.27. The molecule has 0 aromatic carbocycles. The molecule has 0 heterocycles. The summed E-state index contributed by atoms with van der Waals surface area (Å²) >= 11 is 7.99. The van der Waals surface area contributed by atoms with Gasteiger partial charge >= 0.3 is 0 Å². The molecule has 32 valence electrons. The molecule has 0 saturated carbocycles. The Morgan fingerprint density at radius 2 is 2.00 bits per heavy atom. The highest BCUT2D eigenvalue weighted by atomic mass is 127. The van der Waals surface area contributed by atoms with Gasteiger partial charge in [0.2, 0.25) is 0 Å². The van der Waals surface area contributed by atoms with E-state index in [0.717, 1.165) is 0 Å². The van der Waals surface area contributed by atoms with Crippen LogP contribution >= 0.6 is 61.1 Å². The van der Waals surface area contributed by atoms with E-state index >= 15 is 0 Å². The van der Waals surface area contributed by atoms with Crippen LogP contribution in [-0.4, -0.2) is 7.26 Å². The first kappa shape index (κ1) is 6.94. The largest absolute Gasteiger partial charge is 0.0843 e. The molecule has 0 nitrogen and oxygen atoms in total. The monoisotopic (exact) mass is 360 g/mol. The Morgan fingerprint density at radius 3 is 2.00 bits per heavy atom. The van der Waals surface area contributed by atoms with Crippen molar-refractivity contribution in [2.24, 2.45) is 0 Å². The quantitative estimate of drug-likeness (QED) is 0.498. The van der Waals surface area contributed by atoms with Crippen molar-refractivity contribution >= 4 is 61.1 Å². The zero-order valence-electron chi connectivity index (χ0n) is 2.42. The fraction of sp³-hybridized carbons (Fsp3) is 1.00. The normalized spacial score (nSPS) is 15.0. The summed E-state index contributed by atoms with van der Waals surface area (Å²) in [5.74, 6) is 0. The zero-order valence-corrected chi connectivity index (χ0v) is 8.32. The van der Waals surface area contributed by atoms with Crippen LogP contribution in [0, 0.1) is 0 Å². The summed E-state index contributed by atoms with van der Waals surface area (Å²) in [6, 6.07) is 0. The second-order valence-corrected chi connectivity index (χ2v) is 5.75. The van der Waals surface area contributed by atoms with E-state index in [1.54, 1.807) is 0 Å². The third kappa shape index (κ3) is 5.94. The minimum absolute atomic E-state index is 0.653. The van der Waals surface area contributed by atoms with Crippen molar-refractivity contribution in [1.29, 1.82) is 0 Å². The first-order valence-electron chi connectivity index (χ1n) is 1.11. The lowest BCUT2D eigenvalue weighted by molar-refractivity contribution is 1.59. The van der Waals surface area contributed by atoms with E-state index < -0.39 is 0 Å². The number of alkyl halides is 3. The van der Waals surface area contributed by atoms with E-state index in [4.69, 9.17) is 0 Å². The van der Waals surface area contributed by atoms with Gasteiger partial charge in [-0.05, 0) is 0 Å². The highest BCUT2D eigenvalue weighted by Crippen LogP contribution is 2.10. The van der Waals surface area contributed by atoms with Crippen LogP contribution < -0.4 is 0 Å². The van der Waals surface area contributed by atoms with E-state index in [9.17, 15) is 0 Å². The zero-order chi connectivity index (χ0) is 4.28. The maximum absolute atomic E-state index is 3.35. The lowest BCUT2D eigenvalue weighted by atomic mass is 11.0. The summed E-state index contributed by atoms with van der Waals surface area (Å²) in [4.78, 5) is 0. The van der Waals surface area contributed by atoms with Gasteiger partial charge in [-0.2, -0.15) is 0 Å². The van der Waals surface area contributed by atoms with Gasteiger partial charge in [0.25, 0.3) is 0 Å². The molecule has 0 aliphatic carbocycles. The fourth-order valence-electron chi connectivity index (χ4n) is 0. The molecular formula is C2H3BrI2. The lowest BCUT2D eigenvalue weighted by Crippen LogP contribution is -1.79. The molecule has 1 atom stereocenters. The van der Waals surface area contributed by atoms with Crippen LogP contribution in [0.5, 0.6) is 0 Å². The highest BCUT2D eigenvalue weighted by Gasteiger charge is 1.86. The molecule has 0 aromatic heterocycles. The minimum atomic E-state index is 0.653. The number of hydrogen-bond acceptors (Lipinski definition) is 0. The SMILES string of the molecule is BrC(I)CI. The molecule has 0 radical (unpaired) electrons. The molecule has 1 unspecified atom stereocenters. The number of hydrogen-bond donors (Lipinski definition) is 0. The summed E-state index contributed by atoms with van der Waals surface area (Å²) in [6.07, 6.45) is 0. The molecule has 0 aromatic rings. The van der Waals surface area contributed by atoms with Crippen molar-refractivity contribution in [3.8, 4) is 0 Å². The summed E-state index contributed by atoms with van der Waals surface area (Å²) in [7, 11) is 0. The second kappa shape index (κ2) is 4.11. The summed E-state index contributed by atoms with van der Waals surface area (Å²) < 4.78 is 1.83. The Morgan fingerprint density at radius 1 is 1.80 bits per heavy atom. The van der Waals surface area contributed by atoms with E-state index in [0.29, 0.717) is 2.83 Å². The average molecular weight is 361 g/mol. The predicted molar refractivity (Wildman–Crippen MR) is 45.6 cm³/mol. The van der Waals surface area contributed by atoms with Gasteiger partial charge in [0.15, 0.2) is 0 Å². The molecule has 0 amide bonds. The molecule has 0 saturated heterocycles. The Labute approximate surface area is 67.5 Å². The van der Waals surface area contributed by atoms with Gasteiger partial charge in [-0.1, -0.05) is 61.1 Å². The van der Waals surface area contributed by atoms with Crippen molar-refractivity contribution in [2.45, 2.75) is 2.83 Å². The molecule has 3 heteroatoms. The molecule has 0 aliphatic rings. The van der Waals surface area contributed by atoms with Crippen LogP contribution in [0.1, 0.15) is 0 Å². The van der Waals surface area contributed by atoms with Gasteiger partial charge in [0.05, 0.1) is 2.83 Å². The minimum Gasteiger partial charge on any atom is -0.0843 e. The Hall–Kier alpha value is 1.94. The van der Waals surface area contributed by atoms with Gasteiger partial charge in [0, 0.05) is 4.43 Å². The molecule has 0 spiro atoms. The third-order valence-corrected chi connectivity index (χ3v) is 4.66. The summed E-state index contributed by atoms with van der Waals surface area (Å²) in [5.41, 5.74) is 0. The van der Waals surface area contributed by atoms with Gasteiger partial charge in [-0.15, -0.1) is 0 Å². The van der Waals surface area contributed by atoms with Crippen LogP contribution in [0.25, 0.3) is 0 Å². The second-order valence-electron chi connectivity index (χ2n) is 0.545. The van der Waals surface area contributed by atoms with E-state index in [-0.39, 0.29) is 0 Å². The van der Waals surface area contributed by atoms with Crippen molar-refractivity contribution < 1.29 is 0 Å².